The van der Waals surface area contributed by atoms with Crippen molar-refractivity contribution in [2.24, 2.45) is 7.05 Å². The molecular formula is C23H23N3O3. The summed E-state index contributed by atoms with van der Waals surface area (Å²) < 4.78 is 8.72. The van der Waals surface area contributed by atoms with Crippen molar-refractivity contribution in [3.63, 3.8) is 0 Å². The van der Waals surface area contributed by atoms with Crippen LogP contribution in [0, 0.1) is 6.92 Å². The normalized spacial score (nSPS) is 11.1. The molecule has 0 aliphatic heterocycles. The van der Waals surface area contributed by atoms with Gasteiger partial charge in [0.05, 0.1) is 23.8 Å². The number of fused-ring (bicyclic) bond motifs is 1. The fourth-order valence-electron chi connectivity index (χ4n) is 3.53. The molecule has 6 heteroatoms. The van der Waals surface area contributed by atoms with Gasteiger partial charge in [0.15, 0.2) is 0 Å². The van der Waals surface area contributed by atoms with Crippen LogP contribution in [0.2, 0.25) is 0 Å². The Hall–Kier alpha value is -3.54. The highest BCUT2D eigenvalue weighted by atomic mass is 16.3. The van der Waals surface area contributed by atoms with Crippen LogP contribution in [0.15, 0.2) is 76.1 Å². The molecule has 6 nitrogen and oxygen atoms in total. The summed E-state index contributed by atoms with van der Waals surface area (Å²) in [5, 5.41) is 0. The molecule has 1 amide bonds. The number of para-hydroxylation sites is 2. The van der Waals surface area contributed by atoms with Gasteiger partial charge in [0.2, 0.25) is 5.91 Å². The minimum absolute atomic E-state index is 0.0647. The first-order valence-electron chi connectivity index (χ1n) is 9.58. The summed E-state index contributed by atoms with van der Waals surface area (Å²) >= 11 is 0. The van der Waals surface area contributed by atoms with Crippen LogP contribution in [0.1, 0.15) is 17.7 Å². The van der Waals surface area contributed by atoms with Crippen LogP contribution >= 0.6 is 0 Å². The number of benzene rings is 2. The molecule has 0 saturated carbocycles. The number of nitrogens with zero attached hydrogens (tertiary/aromatic N) is 3. The molecular weight excluding hydrogens is 366 g/mol. The van der Waals surface area contributed by atoms with Crippen LogP contribution in [0.25, 0.3) is 11.0 Å². The van der Waals surface area contributed by atoms with Gasteiger partial charge in [-0.25, -0.2) is 4.79 Å². The average Bonchev–Trinajstić information content (AvgIpc) is 3.33. The molecule has 148 valence electrons. The van der Waals surface area contributed by atoms with Gasteiger partial charge in [0.1, 0.15) is 5.76 Å². The summed E-state index contributed by atoms with van der Waals surface area (Å²) in [6.07, 6.45) is 1.81. The van der Waals surface area contributed by atoms with E-state index in [1.54, 1.807) is 27.3 Å². The van der Waals surface area contributed by atoms with Gasteiger partial charge in [-0.2, -0.15) is 0 Å². The Morgan fingerprint density at radius 1 is 1.00 bits per heavy atom. The Morgan fingerprint density at radius 2 is 1.72 bits per heavy atom. The Labute approximate surface area is 168 Å². The molecule has 0 N–H and O–H groups in total. The van der Waals surface area contributed by atoms with Gasteiger partial charge >= 0.3 is 5.69 Å². The predicted molar refractivity (Wildman–Crippen MR) is 113 cm³/mol. The van der Waals surface area contributed by atoms with E-state index < -0.39 is 0 Å². The van der Waals surface area contributed by atoms with Crippen LogP contribution in [-0.4, -0.2) is 15.0 Å². The highest BCUT2D eigenvalue weighted by Gasteiger charge is 2.19. The molecule has 0 aliphatic carbocycles. The van der Waals surface area contributed by atoms with Gasteiger partial charge in [0, 0.05) is 25.7 Å². The fourth-order valence-corrected chi connectivity index (χ4v) is 3.53. The number of aromatic nitrogens is 2. The highest BCUT2D eigenvalue weighted by Crippen LogP contribution is 2.20. The van der Waals surface area contributed by atoms with E-state index in [4.69, 9.17) is 4.42 Å². The molecule has 0 saturated heterocycles. The summed E-state index contributed by atoms with van der Waals surface area (Å²) in [5.74, 6) is 0.645. The van der Waals surface area contributed by atoms with E-state index >= 15 is 0 Å². The van der Waals surface area contributed by atoms with E-state index in [-0.39, 0.29) is 18.0 Å². The zero-order chi connectivity index (χ0) is 20.4. The molecule has 0 unspecified atom stereocenters. The van der Waals surface area contributed by atoms with E-state index in [0.29, 0.717) is 18.8 Å². The zero-order valence-electron chi connectivity index (χ0n) is 16.5. The van der Waals surface area contributed by atoms with Crippen molar-refractivity contribution in [1.29, 1.82) is 0 Å². The highest BCUT2D eigenvalue weighted by molar-refractivity contribution is 5.93. The number of aryl methyl sites for hydroxylation is 3. The molecule has 2 aromatic carbocycles. The maximum Gasteiger partial charge on any atom is 0.328 e. The number of carbonyl (C=O) groups excluding carboxylic acids is 1. The molecule has 0 spiro atoms. The summed E-state index contributed by atoms with van der Waals surface area (Å²) in [6.45, 7) is 2.67. The first kappa shape index (κ1) is 18.8. The van der Waals surface area contributed by atoms with Gasteiger partial charge in [-0.05, 0) is 43.3 Å². The van der Waals surface area contributed by atoms with Crippen molar-refractivity contribution in [3.8, 4) is 0 Å². The molecule has 0 aliphatic rings. The molecule has 0 bridgehead atoms. The Kier molecular flexibility index (Phi) is 5.08. The second kappa shape index (κ2) is 7.83. The predicted octanol–water partition coefficient (Wildman–Crippen LogP) is 3.86. The molecule has 0 radical (unpaired) electrons. The maximum atomic E-state index is 13.1. The first-order valence-corrected chi connectivity index (χ1v) is 9.58. The SMILES string of the molecule is Cc1ccc(N(Cc2ccco2)C(=O)CCn2c(=O)n(C)c3ccccc32)cc1. The topological polar surface area (TPSA) is 60.4 Å². The van der Waals surface area contributed by atoms with Crippen molar-refractivity contribution >= 4 is 22.6 Å². The molecule has 0 atom stereocenters. The maximum absolute atomic E-state index is 13.1. The van der Waals surface area contributed by atoms with E-state index in [0.717, 1.165) is 22.3 Å². The fraction of sp³-hybridized carbons (Fsp3) is 0.217. The van der Waals surface area contributed by atoms with Gasteiger partial charge in [-0.15, -0.1) is 0 Å². The van der Waals surface area contributed by atoms with Crippen molar-refractivity contribution in [3.05, 3.63) is 88.7 Å². The summed E-state index contributed by atoms with van der Waals surface area (Å²) in [5.41, 5.74) is 3.51. The van der Waals surface area contributed by atoms with E-state index in [9.17, 15) is 9.59 Å². The first-order chi connectivity index (χ1) is 14.0. The monoisotopic (exact) mass is 389 g/mol. The van der Waals surface area contributed by atoms with E-state index in [2.05, 4.69) is 0 Å². The van der Waals surface area contributed by atoms with Crippen LogP contribution in [0.3, 0.4) is 0 Å². The summed E-state index contributed by atoms with van der Waals surface area (Å²) in [7, 11) is 1.75. The van der Waals surface area contributed by atoms with Gasteiger partial charge in [-0.1, -0.05) is 29.8 Å². The molecule has 4 aromatic rings. The molecule has 4 rings (SSSR count). The second-order valence-corrected chi connectivity index (χ2v) is 7.13. The van der Waals surface area contributed by atoms with Gasteiger partial charge in [0.25, 0.3) is 0 Å². The number of hydrogen-bond acceptors (Lipinski definition) is 3. The average molecular weight is 389 g/mol. The quantitative estimate of drug-likeness (QED) is 0.503. The lowest BCUT2D eigenvalue weighted by Crippen LogP contribution is -2.32. The number of hydrogen-bond donors (Lipinski definition) is 0. The Bertz CT molecular complexity index is 1180. The smallest absolute Gasteiger partial charge is 0.328 e. The van der Waals surface area contributed by atoms with Crippen molar-refractivity contribution in [2.75, 3.05) is 4.90 Å². The lowest BCUT2D eigenvalue weighted by atomic mass is 10.2. The van der Waals surface area contributed by atoms with Crippen molar-refractivity contribution in [2.45, 2.75) is 26.4 Å². The largest absolute Gasteiger partial charge is 0.467 e. The lowest BCUT2D eigenvalue weighted by Gasteiger charge is -2.22. The number of furan rings is 1. The lowest BCUT2D eigenvalue weighted by molar-refractivity contribution is -0.119. The number of amides is 1. The molecule has 2 heterocycles. The summed E-state index contributed by atoms with van der Waals surface area (Å²) in [4.78, 5) is 27.5. The third-order valence-electron chi connectivity index (χ3n) is 5.14. The van der Waals surface area contributed by atoms with Crippen LogP contribution < -0.4 is 10.6 Å². The Balaban J connectivity index is 1.59. The number of imidazole rings is 1. The van der Waals surface area contributed by atoms with Crippen LogP contribution in [0.4, 0.5) is 5.69 Å². The van der Waals surface area contributed by atoms with E-state index in [1.165, 1.54) is 0 Å². The van der Waals surface area contributed by atoms with Crippen LogP contribution in [0.5, 0.6) is 0 Å². The second-order valence-electron chi connectivity index (χ2n) is 7.13. The third-order valence-corrected chi connectivity index (χ3v) is 5.14. The van der Waals surface area contributed by atoms with Crippen LogP contribution in [-0.2, 0) is 24.9 Å². The van der Waals surface area contributed by atoms with Gasteiger partial charge < -0.3 is 9.32 Å². The minimum Gasteiger partial charge on any atom is -0.467 e. The number of carbonyl (C=O) groups is 1. The zero-order valence-corrected chi connectivity index (χ0v) is 16.5. The van der Waals surface area contributed by atoms with Gasteiger partial charge in [-0.3, -0.25) is 13.9 Å². The Morgan fingerprint density at radius 3 is 2.41 bits per heavy atom. The van der Waals surface area contributed by atoms with E-state index in [1.807, 2.05) is 67.6 Å². The molecule has 29 heavy (non-hydrogen) atoms. The van der Waals surface area contributed by atoms with Crippen molar-refractivity contribution < 1.29 is 9.21 Å². The number of anilines is 1. The molecule has 0 fully saturated rings. The summed E-state index contributed by atoms with van der Waals surface area (Å²) in [6, 6.07) is 19.1. The minimum atomic E-state index is -0.119. The standard InChI is InChI=1S/C23H23N3O3/c1-17-9-11-18(12-10-17)26(16-19-6-5-15-29-19)22(27)13-14-25-21-8-4-3-7-20(21)24(2)23(25)28/h3-12,15H,13-14,16H2,1-2H3. The van der Waals surface area contributed by atoms with Crippen molar-refractivity contribution in [1.82, 2.24) is 9.13 Å². The number of rotatable bonds is 6. The molecule has 2 aromatic heterocycles. The third kappa shape index (κ3) is 3.74.